The molecule has 3 nitrogen and oxygen atoms in total. The second kappa shape index (κ2) is 6.02. The molecule has 0 aliphatic carbocycles. The normalized spacial score (nSPS) is 14.5. The van der Waals surface area contributed by atoms with Crippen LogP contribution in [0.1, 0.15) is 55.9 Å². The van der Waals surface area contributed by atoms with Crippen LogP contribution in [-0.2, 0) is 19.4 Å². The monoisotopic (exact) mass is 283 g/mol. The van der Waals surface area contributed by atoms with Crippen LogP contribution in [0.2, 0.25) is 0 Å². The highest BCUT2D eigenvalue weighted by Crippen LogP contribution is 2.28. The molecule has 0 amide bonds. The van der Waals surface area contributed by atoms with Gasteiger partial charge >= 0.3 is 0 Å². The number of aromatic nitrogens is 2. The third-order valence-electron chi connectivity index (χ3n) is 4.18. The Balaban J connectivity index is 2.19. The Morgan fingerprint density at radius 1 is 1.29 bits per heavy atom. The fourth-order valence-electron chi connectivity index (χ4n) is 3.20. The largest absolute Gasteiger partial charge is 0.311 e. The molecule has 2 heterocycles. The number of para-hydroxylation sites is 1. The van der Waals surface area contributed by atoms with Crippen molar-refractivity contribution >= 4 is 0 Å². The van der Waals surface area contributed by atoms with Gasteiger partial charge in [-0.25, -0.2) is 4.98 Å². The zero-order valence-corrected chi connectivity index (χ0v) is 13.3. The highest BCUT2D eigenvalue weighted by Gasteiger charge is 2.23. The van der Waals surface area contributed by atoms with Crippen LogP contribution in [0.5, 0.6) is 0 Å². The van der Waals surface area contributed by atoms with Gasteiger partial charge in [-0.15, -0.1) is 0 Å². The highest BCUT2D eigenvalue weighted by molar-refractivity contribution is 5.45. The molecule has 0 atom stereocenters. The van der Waals surface area contributed by atoms with Crippen molar-refractivity contribution in [2.24, 2.45) is 0 Å². The Morgan fingerprint density at radius 3 is 2.86 bits per heavy atom. The highest BCUT2D eigenvalue weighted by atomic mass is 15.1. The van der Waals surface area contributed by atoms with Crippen molar-refractivity contribution in [2.75, 3.05) is 6.54 Å². The number of fused-ring (bicyclic) bond motifs is 1. The first-order chi connectivity index (χ1) is 10.2. The van der Waals surface area contributed by atoms with Gasteiger partial charge in [0.2, 0.25) is 0 Å². The Hall–Kier alpha value is -1.61. The molecule has 1 aliphatic heterocycles. The quantitative estimate of drug-likeness (QED) is 0.929. The molecule has 0 radical (unpaired) electrons. The summed E-state index contributed by atoms with van der Waals surface area (Å²) in [5.41, 5.74) is 5.40. The van der Waals surface area contributed by atoms with Crippen LogP contribution in [0, 0.1) is 0 Å². The van der Waals surface area contributed by atoms with E-state index in [0.717, 1.165) is 25.9 Å². The summed E-state index contributed by atoms with van der Waals surface area (Å²) in [6.07, 6.45) is 3.36. The minimum Gasteiger partial charge on any atom is -0.311 e. The molecule has 1 aromatic carbocycles. The molecule has 0 bridgehead atoms. The lowest BCUT2D eigenvalue weighted by molar-refractivity contribution is 0.619. The first-order valence-electron chi connectivity index (χ1n) is 8.11. The summed E-state index contributed by atoms with van der Waals surface area (Å²) in [5, 5.41) is 3.44. The summed E-state index contributed by atoms with van der Waals surface area (Å²) in [5.74, 6) is 1.64. The molecular weight excluding hydrogens is 258 g/mol. The van der Waals surface area contributed by atoms with Gasteiger partial charge in [-0.2, -0.15) is 0 Å². The van der Waals surface area contributed by atoms with E-state index in [1.807, 2.05) is 0 Å². The zero-order chi connectivity index (χ0) is 14.8. The van der Waals surface area contributed by atoms with Crippen LogP contribution in [-0.4, -0.2) is 16.1 Å². The fourth-order valence-corrected chi connectivity index (χ4v) is 3.20. The summed E-state index contributed by atoms with van der Waals surface area (Å²) in [6, 6.07) is 8.80. The Bertz CT molecular complexity index is 625. The molecule has 1 aromatic heterocycles. The molecule has 0 saturated carbocycles. The first kappa shape index (κ1) is 14.3. The summed E-state index contributed by atoms with van der Waals surface area (Å²) >= 11 is 0. The van der Waals surface area contributed by atoms with E-state index >= 15 is 0 Å². The molecule has 2 aromatic rings. The summed E-state index contributed by atoms with van der Waals surface area (Å²) < 4.78 is 2.44. The number of hydrogen-bond donors (Lipinski definition) is 1. The molecule has 0 saturated heterocycles. The van der Waals surface area contributed by atoms with E-state index in [0.29, 0.717) is 5.92 Å². The van der Waals surface area contributed by atoms with E-state index in [1.54, 1.807) is 0 Å². The van der Waals surface area contributed by atoms with Crippen LogP contribution in [0.3, 0.4) is 0 Å². The Labute approximate surface area is 127 Å². The molecule has 3 rings (SSSR count). The molecule has 0 unspecified atom stereocenters. The number of aryl methyl sites for hydroxylation is 1. The van der Waals surface area contributed by atoms with E-state index in [9.17, 15) is 0 Å². The number of rotatable bonds is 4. The number of hydrogen-bond acceptors (Lipinski definition) is 2. The zero-order valence-electron chi connectivity index (χ0n) is 13.3. The van der Waals surface area contributed by atoms with E-state index in [-0.39, 0.29) is 0 Å². The second-order valence-corrected chi connectivity index (χ2v) is 6.16. The van der Waals surface area contributed by atoms with Crippen molar-refractivity contribution in [1.29, 1.82) is 0 Å². The summed E-state index contributed by atoms with van der Waals surface area (Å²) in [6.45, 7) is 8.66. The number of nitrogens with one attached hydrogen (secondary N) is 1. The lowest BCUT2D eigenvalue weighted by Gasteiger charge is -2.19. The second-order valence-electron chi connectivity index (χ2n) is 6.16. The van der Waals surface area contributed by atoms with Gasteiger partial charge in [0.25, 0.3) is 0 Å². The van der Waals surface area contributed by atoms with Crippen molar-refractivity contribution in [3.63, 3.8) is 0 Å². The first-order valence-corrected chi connectivity index (χ1v) is 8.11. The smallest absolute Gasteiger partial charge is 0.116 e. The molecule has 0 spiro atoms. The maximum absolute atomic E-state index is 4.93. The topological polar surface area (TPSA) is 29.9 Å². The third-order valence-corrected chi connectivity index (χ3v) is 4.18. The number of benzene rings is 1. The third kappa shape index (κ3) is 2.62. The van der Waals surface area contributed by atoms with Gasteiger partial charge in [-0.05, 0) is 18.1 Å². The average molecular weight is 283 g/mol. The minimum absolute atomic E-state index is 0.435. The van der Waals surface area contributed by atoms with E-state index in [1.165, 1.54) is 34.9 Å². The number of nitrogens with zero attached hydrogens (tertiary/aromatic N) is 2. The van der Waals surface area contributed by atoms with Crippen molar-refractivity contribution in [1.82, 2.24) is 14.9 Å². The lowest BCUT2D eigenvalue weighted by atomic mass is 10.1. The maximum atomic E-state index is 4.93. The van der Waals surface area contributed by atoms with E-state index < -0.39 is 0 Å². The van der Waals surface area contributed by atoms with Gasteiger partial charge in [0.1, 0.15) is 5.82 Å². The fraction of sp³-hybridized carbons (Fsp3) is 0.500. The Kier molecular flexibility index (Phi) is 4.11. The van der Waals surface area contributed by atoms with Crippen molar-refractivity contribution in [3.05, 3.63) is 47.0 Å². The van der Waals surface area contributed by atoms with Gasteiger partial charge in [-0.3, -0.25) is 4.57 Å². The van der Waals surface area contributed by atoms with Gasteiger partial charge in [0.05, 0.1) is 11.4 Å². The standard InChI is InChI=1S/C18H25N3/c1-4-7-14-8-5-6-9-16(14)21-17-10-11-19-12-15(17)20-18(21)13(2)3/h5-6,8-9,13,19H,4,7,10-12H2,1-3H3. The maximum Gasteiger partial charge on any atom is 0.116 e. The minimum atomic E-state index is 0.435. The van der Waals surface area contributed by atoms with Crippen LogP contribution in [0.25, 0.3) is 5.69 Å². The molecular formula is C18H25N3. The van der Waals surface area contributed by atoms with Crippen LogP contribution < -0.4 is 5.32 Å². The predicted octanol–water partition coefficient (Wildman–Crippen LogP) is 3.59. The SMILES string of the molecule is CCCc1ccccc1-n1c(C(C)C)nc2c1CCNC2. The summed E-state index contributed by atoms with van der Waals surface area (Å²) in [7, 11) is 0. The predicted molar refractivity (Wildman–Crippen MR) is 87.1 cm³/mol. The molecule has 21 heavy (non-hydrogen) atoms. The Morgan fingerprint density at radius 2 is 2.10 bits per heavy atom. The molecule has 1 aliphatic rings. The van der Waals surface area contributed by atoms with E-state index in [4.69, 9.17) is 4.98 Å². The molecule has 112 valence electrons. The molecule has 1 N–H and O–H groups in total. The van der Waals surface area contributed by atoms with Crippen LogP contribution >= 0.6 is 0 Å². The van der Waals surface area contributed by atoms with Gasteiger partial charge in [0, 0.05) is 31.1 Å². The van der Waals surface area contributed by atoms with Crippen LogP contribution in [0.4, 0.5) is 0 Å². The average Bonchev–Trinajstić information content (AvgIpc) is 2.88. The van der Waals surface area contributed by atoms with Crippen LogP contribution in [0.15, 0.2) is 24.3 Å². The van der Waals surface area contributed by atoms with Crippen molar-refractivity contribution < 1.29 is 0 Å². The molecule has 0 fully saturated rings. The van der Waals surface area contributed by atoms with E-state index in [2.05, 4.69) is 54.9 Å². The van der Waals surface area contributed by atoms with Gasteiger partial charge in [-0.1, -0.05) is 45.4 Å². The summed E-state index contributed by atoms with van der Waals surface area (Å²) in [4.78, 5) is 4.93. The number of imidazole rings is 1. The van der Waals surface area contributed by atoms with Gasteiger partial charge in [0.15, 0.2) is 0 Å². The lowest BCUT2D eigenvalue weighted by Crippen LogP contribution is -2.25. The van der Waals surface area contributed by atoms with Gasteiger partial charge < -0.3 is 5.32 Å². The van der Waals surface area contributed by atoms with Crippen molar-refractivity contribution in [2.45, 2.75) is 52.5 Å². The molecule has 3 heteroatoms. The van der Waals surface area contributed by atoms with Crippen molar-refractivity contribution in [3.8, 4) is 5.69 Å².